The maximum absolute atomic E-state index is 12.1. The van der Waals surface area contributed by atoms with Crippen molar-refractivity contribution in [3.63, 3.8) is 0 Å². The molecule has 3 heterocycles. The minimum atomic E-state index is -0.130. The fraction of sp³-hybridized carbons (Fsp3) is 0.188. The van der Waals surface area contributed by atoms with Crippen molar-refractivity contribution < 1.29 is 18.7 Å². The Morgan fingerprint density at radius 3 is 3.04 bits per heavy atom. The molecule has 1 aromatic carbocycles. The number of furan rings is 1. The number of fused-ring (bicyclic) bond motifs is 1. The molecule has 0 spiro atoms. The SMILES string of the molecule is O=C(CSc1nnc(NCc2ccco2)s1)Nc1ccc2c(c1)OCO2. The zero-order valence-electron chi connectivity index (χ0n) is 13.4. The normalized spacial score (nSPS) is 12.2. The van der Waals surface area contributed by atoms with Crippen molar-refractivity contribution in [1.29, 1.82) is 0 Å². The van der Waals surface area contributed by atoms with Gasteiger partial charge in [0.2, 0.25) is 17.8 Å². The number of carbonyl (C=O) groups is 1. The molecule has 0 radical (unpaired) electrons. The number of nitrogens with zero attached hydrogens (tertiary/aromatic N) is 2. The van der Waals surface area contributed by atoms with Crippen molar-refractivity contribution in [2.45, 2.75) is 10.9 Å². The van der Waals surface area contributed by atoms with Gasteiger partial charge in [-0.1, -0.05) is 23.1 Å². The third-order valence-corrected chi connectivity index (χ3v) is 5.40. The van der Waals surface area contributed by atoms with E-state index in [4.69, 9.17) is 13.9 Å². The molecule has 1 aliphatic rings. The van der Waals surface area contributed by atoms with Gasteiger partial charge in [0, 0.05) is 11.8 Å². The molecule has 4 rings (SSSR count). The number of anilines is 2. The first-order valence-corrected chi connectivity index (χ1v) is 9.48. The molecular formula is C16H14N4O4S2. The highest BCUT2D eigenvalue weighted by Crippen LogP contribution is 2.34. The van der Waals surface area contributed by atoms with E-state index in [2.05, 4.69) is 20.8 Å². The Kier molecular flexibility index (Phi) is 4.93. The average molecular weight is 390 g/mol. The highest BCUT2D eigenvalue weighted by molar-refractivity contribution is 8.01. The standard InChI is InChI=1S/C16H14N4O4S2/c21-14(18-10-3-4-12-13(6-10)24-9-23-12)8-25-16-20-19-15(26-16)17-7-11-2-1-5-22-11/h1-6H,7-9H2,(H,17,19)(H,18,21). The number of ether oxygens (including phenoxy) is 2. The molecule has 134 valence electrons. The smallest absolute Gasteiger partial charge is 0.234 e. The van der Waals surface area contributed by atoms with Crippen LogP contribution < -0.4 is 20.1 Å². The van der Waals surface area contributed by atoms with Gasteiger partial charge in [0.1, 0.15) is 5.76 Å². The zero-order chi connectivity index (χ0) is 17.8. The van der Waals surface area contributed by atoms with E-state index in [0.29, 0.717) is 33.2 Å². The van der Waals surface area contributed by atoms with Crippen LogP contribution in [0, 0.1) is 0 Å². The summed E-state index contributed by atoms with van der Waals surface area (Å²) in [5.74, 6) is 2.24. The third-order valence-electron chi connectivity index (χ3n) is 3.38. The number of aromatic nitrogens is 2. The van der Waals surface area contributed by atoms with Gasteiger partial charge >= 0.3 is 0 Å². The van der Waals surface area contributed by atoms with Gasteiger partial charge in [-0.3, -0.25) is 4.79 Å². The van der Waals surface area contributed by atoms with Crippen LogP contribution in [0.2, 0.25) is 0 Å². The molecule has 2 aromatic heterocycles. The molecule has 2 N–H and O–H groups in total. The van der Waals surface area contributed by atoms with E-state index in [-0.39, 0.29) is 18.5 Å². The van der Waals surface area contributed by atoms with Gasteiger partial charge in [-0.2, -0.15) is 0 Å². The largest absolute Gasteiger partial charge is 0.467 e. The van der Waals surface area contributed by atoms with Gasteiger partial charge in [-0.15, -0.1) is 10.2 Å². The molecule has 0 saturated heterocycles. The predicted molar refractivity (Wildman–Crippen MR) is 97.9 cm³/mol. The van der Waals surface area contributed by atoms with Gasteiger partial charge in [0.05, 0.1) is 18.6 Å². The first kappa shape index (κ1) is 16.7. The fourth-order valence-corrected chi connectivity index (χ4v) is 3.76. The summed E-state index contributed by atoms with van der Waals surface area (Å²) in [6.45, 7) is 0.743. The predicted octanol–water partition coefficient (Wildman–Crippen LogP) is 3.20. The summed E-state index contributed by atoms with van der Waals surface area (Å²) >= 11 is 2.72. The second kappa shape index (κ2) is 7.67. The van der Waals surface area contributed by atoms with Crippen LogP contribution in [0.4, 0.5) is 10.8 Å². The van der Waals surface area contributed by atoms with E-state index in [9.17, 15) is 4.79 Å². The van der Waals surface area contributed by atoms with E-state index in [1.54, 1.807) is 24.5 Å². The summed E-state index contributed by atoms with van der Waals surface area (Å²) in [5.41, 5.74) is 0.665. The summed E-state index contributed by atoms with van der Waals surface area (Å²) in [5, 5.41) is 14.8. The molecule has 1 aliphatic heterocycles. The molecule has 0 atom stereocenters. The van der Waals surface area contributed by atoms with Crippen LogP contribution in [0.1, 0.15) is 5.76 Å². The lowest BCUT2D eigenvalue weighted by atomic mass is 10.3. The van der Waals surface area contributed by atoms with Gasteiger partial charge in [-0.25, -0.2) is 0 Å². The molecule has 8 nitrogen and oxygen atoms in total. The van der Waals surface area contributed by atoms with Gasteiger partial charge in [0.25, 0.3) is 0 Å². The van der Waals surface area contributed by atoms with Crippen molar-refractivity contribution in [2.75, 3.05) is 23.2 Å². The quantitative estimate of drug-likeness (QED) is 0.594. The number of amides is 1. The first-order chi connectivity index (χ1) is 12.8. The van der Waals surface area contributed by atoms with Crippen LogP contribution >= 0.6 is 23.1 Å². The molecular weight excluding hydrogens is 376 g/mol. The Morgan fingerprint density at radius 1 is 1.23 bits per heavy atom. The van der Waals surface area contributed by atoms with Crippen molar-refractivity contribution in [3.05, 3.63) is 42.4 Å². The number of hydrogen-bond donors (Lipinski definition) is 2. The van der Waals surface area contributed by atoms with Crippen molar-refractivity contribution in [2.24, 2.45) is 0 Å². The maximum Gasteiger partial charge on any atom is 0.234 e. The molecule has 0 fully saturated rings. The van der Waals surface area contributed by atoms with Gasteiger partial charge < -0.3 is 24.5 Å². The molecule has 1 amide bonds. The summed E-state index contributed by atoms with van der Waals surface area (Å²) in [4.78, 5) is 12.1. The minimum Gasteiger partial charge on any atom is -0.467 e. The Labute approximate surface area is 156 Å². The Morgan fingerprint density at radius 2 is 2.15 bits per heavy atom. The van der Waals surface area contributed by atoms with Crippen LogP contribution in [-0.2, 0) is 11.3 Å². The molecule has 0 saturated carbocycles. The van der Waals surface area contributed by atoms with Crippen molar-refractivity contribution in [3.8, 4) is 11.5 Å². The number of hydrogen-bond acceptors (Lipinski definition) is 9. The van der Waals surface area contributed by atoms with Gasteiger partial charge in [-0.05, 0) is 24.3 Å². The third kappa shape index (κ3) is 4.09. The summed E-state index contributed by atoms with van der Waals surface area (Å²) in [7, 11) is 0. The number of thioether (sulfide) groups is 1. The lowest BCUT2D eigenvalue weighted by Crippen LogP contribution is -2.13. The highest BCUT2D eigenvalue weighted by atomic mass is 32.2. The fourth-order valence-electron chi connectivity index (χ4n) is 2.21. The Bertz CT molecular complexity index is 898. The molecule has 26 heavy (non-hydrogen) atoms. The van der Waals surface area contributed by atoms with Crippen LogP contribution in [0.25, 0.3) is 0 Å². The van der Waals surface area contributed by atoms with Crippen LogP contribution in [0.5, 0.6) is 11.5 Å². The Hall–Kier alpha value is -2.72. The lowest BCUT2D eigenvalue weighted by molar-refractivity contribution is -0.113. The van der Waals surface area contributed by atoms with Crippen molar-refractivity contribution >= 4 is 39.8 Å². The van der Waals surface area contributed by atoms with Gasteiger partial charge in [0.15, 0.2) is 15.8 Å². The number of benzene rings is 1. The van der Waals surface area contributed by atoms with E-state index < -0.39 is 0 Å². The molecule has 3 aromatic rings. The number of carbonyl (C=O) groups excluding carboxylic acids is 1. The molecule has 0 bridgehead atoms. The Balaban J connectivity index is 1.25. The van der Waals surface area contributed by atoms with E-state index >= 15 is 0 Å². The van der Waals surface area contributed by atoms with Crippen LogP contribution in [0.15, 0.2) is 45.4 Å². The lowest BCUT2D eigenvalue weighted by Gasteiger charge is -2.05. The van der Waals surface area contributed by atoms with E-state index in [1.807, 2.05) is 12.1 Å². The maximum atomic E-state index is 12.1. The second-order valence-electron chi connectivity index (χ2n) is 5.21. The summed E-state index contributed by atoms with van der Waals surface area (Å²) in [6, 6.07) is 9.00. The van der Waals surface area contributed by atoms with Crippen LogP contribution in [-0.4, -0.2) is 28.7 Å². The first-order valence-electron chi connectivity index (χ1n) is 7.68. The monoisotopic (exact) mass is 390 g/mol. The van der Waals surface area contributed by atoms with Crippen LogP contribution in [0.3, 0.4) is 0 Å². The molecule has 10 heteroatoms. The van der Waals surface area contributed by atoms with Crippen molar-refractivity contribution in [1.82, 2.24) is 10.2 Å². The number of rotatable bonds is 7. The average Bonchev–Trinajstić information content (AvgIpc) is 3.38. The highest BCUT2D eigenvalue weighted by Gasteiger charge is 2.14. The summed E-state index contributed by atoms with van der Waals surface area (Å²) < 4.78 is 16.5. The molecule has 0 aliphatic carbocycles. The topological polar surface area (TPSA) is 98.5 Å². The van der Waals surface area contributed by atoms with E-state index in [1.165, 1.54) is 23.1 Å². The number of nitrogens with one attached hydrogen (secondary N) is 2. The summed E-state index contributed by atoms with van der Waals surface area (Å²) in [6.07, 6.45) is 1.62. The molecule has 0 unspecified atom stereocenters. The van der Waals surface area contributed by atoms with E-state index in [0.717, 1.165) is 5.76 Å². The minimum absolute atomic E-state index is 0.130. The zero-order valence-corrected chi connectivity index (χ0v) is 15.1. The second-order valence-corrected chi connectivity index (χ2v) is 7.41.